The summed E-state index contributed by atoms with van der Waals surface area (Å²) in [5.41, 5.74) is 2.70. The van der Waals surface area contributed by atoms with Gasteiger partial charge in [0.15, 0.2) is 11.3 Å². The molecule has 4 heteroatoms. The summed E-state index contributed by atoms with van der Waals surface area (Å²) in [6, 6.07) is 12.1. The fourth-order valence-electron chi connectivity index (χ4n) is 2.53. The Hall–Kier alpha value is -2.62. The highest BCUT2D eigenvalue weighted by Gasteiger charge is 2.16. The molecule has 0 aliphatic rings. The second-order valence-electron chi connectivity index (χ2n) is 4.58. The molecular weight excluding hydrogens is 257 g/mol. The lowest BCUT2D eigenvalue weighted by Crippen LogP contribution is -1.89. The summed E-state index contributed by atoms with van der Waals surface area (Å²) in [7, 11) is 1.55. The fraction of sp³-hybridized carbons (Fsp3) is 0.0625. The monoisotopic (exact) mass is 267 g/mol. The Bertz CT molecular complexity index is 959. The van der Waals surface area contributed by atoms with E-state index in [2.05, 4.69) is 4.98 Å². The van der Waals surface area contributed by atoms with Crippen LogP contribution in [0, 0.1) is 5.82 Å². The summed E-state index contributed by atoms with van der Waals surface area (Å²) in [6.07, 6.45) is 0. The molecule has 3 nitrogen and oxygen atoms in total. The Balaban J connectivity index is 2.28. The number of aromatic nitrogens is 1. The number of furan rings is 1. The molecular formula is C16H10FNO2. The van der Waals surface area contributed by atoms with Crippen LogP contribution < -0.4 is 4.74 Å². The average molecular weight is 267 g/mol. The van der Waals surface area contributed by atoms with Crippen LogP contribution in [0.3, 0.4) is 0 Å². The number of hydrogen-bond donors (Lipinski definition) is 0. The third kappa shape index (κ3) is 1.42. The highest BCUT2D eigenvalue weighted by molar-refractivity contribution is 6.09. The molecule has 0 unspecified atom stereocenters. The molecule has 0 bridgehead atoms. The van der Waals surface area contributed by atoms with E-state index in [4.69, 9.17) is 9.15 Å². The van der Waals surface area contributed by atoms with Crippen molar-refractivity contribution in [2.24, 2.45) is 0 Å². The van der Waals surface area contributed by atoms with Crippen molar-refractivity contribution in [3.8, 4) is 5.75 Å². The van der Waals surface area contributed by atoms with Crippen molar-refractivity contribution in [2.75, 3.05) is 7.11 Å². The van der Waals surface area contributed by atoms with Crippen LogP contribution in [0.1, 0.15) is 0 Å². The summed E-state index contributed by atoms with van der Waals surface area (Å²) in [6.45, 7) is 0. The van der Waals surface area contributed by atoms with Gasteiger partial charge in [-0.05, 0) is 30.3 Å². The van der Waals surface area contributed by atoms with Crippen LogP contribution in [0.5, 0.6) is 5.75 Å². The lowest BCUT2D eigenvalue weighted by molar-refractivity contribution is 0.416. The first-order chi connectivity index (χ1) is 9.78. The lowest BCUT2D eigenvalue weighted by atomic mass is 10.1. The van der Waals surface area contributed by atoms with Gasteiger partial charge in [-0.15, -0.1) is 0 Å². The van der Waals surface area contributed by atoms with Gasteiger partial charge < -0.3 is 9.15 Å². The smallest absolute Gasteiger partial charge is 0.196 e. The number of methoxy groups -OCH3 is 1. The molecule has 4 aromatic rings. The molecule has 2 heterocycles. The summed E-state index contributed by atoms with van der Waals surface area (Å²) < 4.78 is 24.7. The van der Waals surface area contributed by atoms with Gasteiger partial charge in [0, 0.05) is 10.8 Å². The number of pyridine rings is 1. The first-order valence-corrected chi connectivity index (χ1v) is 6.22. The second-order valence-corrected chi connectivity index (χ2v) is 4.58. The van der Waals surface area contributed by atoms with E-state index in [0.29, 0.717) is 22.2 Å². The maximum atomic E-state index is 13.4. The highest BCUT2D eigenvalue weighted by atomic mass is 19.1. The van der Waals surface area contributed by atoms with Gasteiger partial charge in [-0.1, -0.05) is 12.1 Å². The SMILES string of the molecule is COc1c2cc(F)ccc2nc2c1oc1ccccc12. The van der Waals surface area contributed by atoms with Crippen LogP contribution >= 0.6 is 0 Å². The molecule has 0 saturated heterocycles. The van der Waals surface area contributed by atoms with Crippen molar-refractivity contribution in [3.05, 3.63) is 48.3 Å². The zero-order valence-corrected chi connectivity index (χ0v) is 10.7. The first kappa shape index (κ1) is 11.2. The predicted octanol–water partition coefficient (Wildman–Crippen LogP) is 4.28. The van der Waals surface area contributed by atoms with Crippen LogP contribution in [-0.2, 0) is 0 Å². The van der Waals surface area contributed by atoms with E-state index in [0.717, 1.165) is 16.5 Å². The molecule has 0 aliphatic heterocycles. The van der Waals surface area contributed by atoms with E-state index in [9.17, 15) is 4.39 Å². The van der Waals surface area contributed by atoms with Crippen LogP contribution in [0.25, 0.3) is 33.0 Å². The predicted molar refractivity (Wildman–Crippen MR) is 75.5 cm³/mol. The number of hydrogen-bond acceptors (Lipinski definition) is 3. The van der Waals surface area contributed by atoms with E-state index in [-0.39, 0.29) is 5.82 Å². The summed E-state index contributed by atoms with van der Waals surface area (Å²) in [5.74, 6) is 0.189. The quantitative estimate of drug-likeness (QED) is 0.516. The van der Waals surface area contributed by atoms with E-state index >= 15 is 0 Å². The number of fused-ring (bicyclic) bond motifs is 4. The zero-order chi connectivity index (χ0) is 13.7. The van der Waals surface area contributed by atoms with E-state index < -0.39 is 0 Å². The van der Waals surface area contributed by atoms with Crippen molar-refractivity contribution < 1.29 is 13.5 Å². The normalized spacial score (nSPS) is 11.5. The summed E-state index contributed by atoms with van der Waals surface area (Å²) in [4.78, 5) is 4.58. The van der Waals surface area contributed by atoms with Crippen molar-refractivity contribution in [2.45, 2.75) is 0 Å². The molecule has 98 valence electrons. The van der Waals surface area contributed by atoms with Gasteiger partial charge in [0.25, 0.3) is 0 Å². The Morgan fingerprint density at radius 2 is 1.95 bits per heavy atom. The molecule has 0 fully saturated rings. The molecule has 0 spiro atoms. The summed E-state index contributed by atoms with van der Waals surface area (Å²) in [5, 5.41) is 1.53. The van der Waals surface area contributed by atoms with Gasteiger partial charge in [-0.2, -0.15) is 0 Å². The van der Waals surface area contributed by atoms with Crippen LogP contribution in [0.15, 0.2) is 46.9 Å². The Morgan fingerprint density at radius 1 is 1.10 bits per heavy atom. The molecule has 0 amide bonds. The maximum absolute atomic E-state index is 13.4. The van der Waals surface area contributed by atoms with E-state index in [1.165, 1.54) is 12.1 Å². The first-order valence-electron chi connectivity index (χ1n) is 6.22. The molecule has 4 rings (SSSR count). The lowest BCUT2D eigenvalue weighted by Gasteiger charge is -2.05. The van der Waals surface area contributed by atoms with Crippen LogP contribution in [-0.4, -0.2) is 12.1 Å². The minimum absolute atomic E-state index is 0.326. The molecule has 0 aliphatic carbocycles. The molecule has 20 heavy (non-hydrogen) atoms. The minimum Gasteiger partial charge on any atom is -0.492 e. The third-order valence-corrected chi connectivity index (χ3v) is 3.42. The van der Waals surface area contributed by atoms with Gasteiger partial charge in [0.2, 0.25) is 0 Å². The fourth-order valence-corrected chi connectivity index (χ4v) is 2.53. The van der Waals surface area contributed by atoms with Gasteiger partial charge in [-0.3, -0.25) is 0 Å². The molecule has 0 saturated carbocycles. The molecule has 2 aromatic heterocycles. The molecule has 0 N–H and O–H groups in total. The highest BCUT2D eigenvalue weighted by Crippen LogP contribution is 2.38. The van der Waals surface area contributed by atoms with Crippen molar-refractivity contribution in [3.63, 3.8) is 0 Å². The molecule has 0 atom stereocenters. The van der Waals surface area contributed by atoms with Crippen LogP contribution in [0.2, 0.25) is 0 Å². The van der Waals surface area contributed by atoms with E-state index in [1.54, 1.807) is 13.2 Å². The Labute approximate surface area is 113 Å². The number of ether oxygens (including phenoxy) is 1. The van der Waals surface area contributed by atoms with Gasteiger partial charge in [0.05, 0.1) is 12.6 Å². The second kappa shape index (κ2) is 3.93. The Kier molecular flexibility index (Phi) is 2.21. The van der Waals surface area contributed by atoms with Crippen molar-refractivity contribution in [1.82, 2.24) is 4.98 Å². The number of halogens is 1. The molecule has 2 aromatic carbocycles. The minimum atomic E-state index is -0.326. The number of nitrogens with zero attached hydrogens (tertiary/aromatic N) is 1. The topological polar surface area (TPSA) is 35.3 Å². The number of benzene rings is 2. The zero-order valence-electron chi connectivity index (χ0n) is 10.7. The van der Waals surface area contributed by atoms with Gasteiger partial charge in [-0.25, -0.2) is 9.37 Å². The Morgan fingerprint density at radius 3 is 2.80 bits per heavy atom. The molecule has 0 radical (unpaired) electrons. The largest absolute Gasteiger partial charge is 0.492 e. The third-order valence-electron chi connectivity index (χ3n) is 3.42. The van der Waals surface area contributed by atoms with Gasteiger partial charge in [0.1, 0.15) is 16.9 Å². The number of para-hydroxylation sites is 1. The van der Waals surface area contributed by atoms with Gasteiger partial charge >= 0.3 is 0 Å². The van der Waals surface area contributed by atoms with E-state index in [1.807, 2.05) is 24.3 Å². The summed E-state index contributed by atoms with van der Waals surface area (Å²) >= 11 is 0. The standard InChI is InChI=1S/C16H10FNO2/c1-19-15-11-8-9(17)6-7-12(11)18-14-10-4-2-3-5-13(10)20-16(14)15/h2-8H,1H3. The van der Waals surface area contributed by atoms with Crippen LogP contribution in [0.4, 0.5) is 4.39 Å². The van der Waals surface area contributed by atoms with Crippen molar-refractivity contribution in [1.29, 1.82) is 0 Å². The average Bonchev–Trinajstić information content (AvgIpc) is 2.83. The van der Waals surface area contributed by atoms with Crippen molar-refractivity contribution >= 4 is 33.0 Å². The maximum Gasteiger partial charge on any atom is 0.196 e. The number of rotatable bonds is 1.